The van der Waals surface area contributed by atoms with Crippen molar-refractivity contribution in [1.29, 1.82) is 0 Å². The fourth-order valence-electron chi connectivity index (χ4n) is 2.74. The predicted octanol–water partition coefficient (Wildman–Crippen LogP) is 3.39. The summed E-state index contributed by atoms with van der Waals surface area (Å²) in [6, 6.07) is 11.5. The Morgan fingerprint density at radius 2 is 1.77 bits per heavy atom. The van der Waals surface area contributed by atoms with Crippen molar-refractivity contribution in [2.45, 2.75) is 13.3 Å². The molecule has 0 aromatic heterocycles. The monoisotopic (exact) mass is 428 g/mol. The van der Waals surface area contributed by atoms with E-state index in [1.165, 1.54) is 48.5 Å². The van der Waals surface area contributed by atoms with Gasteiger partial charge in [-0.25, -0.2) is 14.5 Å². The number of carboxylic acids is 1. The summed E-state index contributed by atoms with van der Waals surface area (Å²) in [6.07, 6.45) is 0.663. The van der Waals surface area contributed by atoms with Crippen LogP contribution in [-0.2, 0) is 14.3 Å². The smallest absolute Gasteiger partial charge is 0.338 e. The Hall–Kier alpha value is -3.65. The second-order valence-corrected chi connectivity index (χ2v) is 6.71. The summed E-state index contributed by atoms with van der Waals surface area (Å²) in [5.41, 5.74) is 0.676. The van der Waals surface area contributed by atoms with Gasteiger partial charge in [-0.1, -0.05) is 24.6 Å². The number of anilines is 2. The van der Waals surface area contributed by atoms with E-state index in [0.29, 0.717) is 12.1 Å². The molecule has 0 atom stereocenters. The Kier molecular flexibility index (Phi) is 6.17. The summed E-state index contributed by atoms with van der Waals surface area (Å²) in [4.78, 5) is 49.3. The van der Waals surface area contributed by atoms with E-state index in [2.05, 4.69) is 5.32 Å². The molecular weight excluding hydrogens is 412 g/mol. The lowest BCUT2D eigenvalue weighted by Gasteiger charge is -2.16. The molecule has 2 N–H and O–H groups in total. The molecular formula is C21H17ClN2O6. The maximum Gasteiger partial charge on any atom is 0.338 e. The van der Waals surface area contributed by atoms with Gasteiger partial charge in [0.05, 0.1) is 23.4 Å². The van der Waals surface area contributed by atoms with E-state index < -0.39 is 23.8 Å². The number of hydrogen-bond acceptors (Lipinski definition) is 6. The van der Waals surface area contributed by atoms with Crippen LogP contribution in [0.4, 0.5) is 11.4 Å². The van der Waals surface area contributed by atoms with Crippen molar-refractivity contribution in [3.63, 3.8) is 0 Å². The van der Waals surface area contributed by atoms with Gasteiger partial charge in [0.2, 0.25) is 0 Å². The summed E-state index contributed by atoms with van der Waals surface area (Å²) < 4.78 is 5.08. The number of carboxylic acid groups (broad SMARTS) is 1. The average molecular weight is 429 g/mol. The van der Waals surface area contributed by atoms with Crippen LogP contribution in [-0.4, -0.2) is 35.5 Å². The summed E-state index contributed by atoms with van der Waals surface area (Å²) in [5.74, 6) is -3.10. The minimum absolute atomic E-state index is 0.0721. The molecule has 8 nitrogen and oxygen atoms in total. The molecule has 30 heavy (non-hydrogen) atoms. The molecule has 2 aromatic rings. The van der Waals surface area contributed by atoms with Gasteiger partial charge < -0.3 is 15.2 Å². The first-order valence-corrected chi connectivity index (χ1v) is 9.37. The van der Waals surface area contributed by atoms with E-state index in [4.69, 9.17) is 21.4 Å². The summed E-state index contributed by atoms with van der Waals surface area (Å²) in [7, 11) is 0. The van der Waals surface area contributed by atoms with E-state index in [1.807, 2.05) is 6.92 Å². The largest absolute Gasteiger partial charge is 0.478 e. The number of ether oxygens (including phenoxy) is 1. The number of carbonyl (C=O) groups excluding carboxylic acids is 3. The number of amides is 2. The van der Waals surface area contributed by atoms with Gasteiger partial charge in [0.25, 0.3) is 11.8 Å². The van der Waals surface area contributed by atoms with E-state index in [0.717, 1.165) is 4.90 Å². The molecule has 1 heterocycles. The van der Waals surface area contributed by atoms with Crippen LogP contribution >= 0.6 is 11.6 Å². The van der Waals surface area contributed by atoms with Gasteiger partial charge in [0.1, 0.15) is 10.7 Å². The molecule has 1 aliphatic heterocycles. The first-order chi connectivity index (χ1) is 14.3. The van der Waals surface area contributed by atoms with E-state index in [9.17, 15) is 19.2 Å². The molecule has 2 amide bonds. The van der Waals surface area contributed by atoms with Gasteiger partial charge in [0.15, 0.2) is 0 Å². The number of hydrogen-bond donors (Lipinski definition) is 2. The second-order valence-electron chi connectivity index (χ2n) is 6.33. The highest BCUT2D eigenvalue weighted by Crippen LogP contribution is 2.30. The molecule has 0 bridgehead atoms. The Balaban J connectivity index is 1.83. The van der Waals surface area contributed by atoms with Gasteiger partial charge in [-0.2, -0.15) is 0 Å². The lowest BCUT2D eigenvalue weighted by Crippen LogP contribution is -2.32. The van der Waals surface area contributed by atoms with Gasteiger partial charge >= 0.3 is 11.9 Å². The molecule has 0 aliphatic carbocycles. The number of imide groups is 1. The number of rotatable bonds is 7. The van der Waals surface area contributed by atoms with Gasteiger partial charge in [-0.3, -0.25) is 9.59 Å². The fraction of sp³-hybridized carbons (Fsp3) is 0.143. The zero-order chi connectivity index (χ0) is 21.8. The maximum atomic E-state index is 12.8. The quantitative estimate of drug-likeness (QED) is 0.513. The van der Waals surface area contributed by atoms with E-state index >= 15 is 0 Å². The highest BCUT2D eigenvalue weighted by atomic mass is 35.5. The fourth-order valence-corrected chi connectivity index (χ4v) is 2.95. The minimum atomic E-state index is -1.09. The first kappa shape index (κ1) is 21.1. The van der Waals surface area contributed by atoms with Crippen LogP contribution in [0.2, 0.25) is 0 Å². The van der Waals surface area contributed by atoms with Gasteiger partial charge in [-0.15, -0.1) is 0 Å². The van der Waals surface area contributed by atoms with E-state index in [1.54, 1.807) is 0 Å². The summed E-state index contributed by atoms with van der Waals surface area (Å²) >= 11 is 6.09. The highest BCUT2D eigenvalue weighted by molar-refractivity contribution is 6.53. The number of esters is 1. The lowest BCUT2D eigenvalue weighted by atomic mass is 10.2. The van der Waals surface area contributed by atoms with Crippen molar-refractivity contribution < 1.29 is 29.0 Å². The third-order valence-electron chi connectivity index (χ3n) is 4.21. The van der Waals surface area contributed by atoms with E-state index in [-0.39, 0.29) is 34.2 Å². The van der Waals surface area contributed by atoms with Crippen LogP contribution in [0, 0.1) is 0 Å². The molecule has 3 rings (SSSR count). The zero-order valence-electron chi connectivity index (χ0n) is 15.8. The molecule has 0 fully saturated rings. The SMILES string of the molecule is CCCOC(=O)c1cccc(N2C(=O)C(Cl)=C(Nc3ccc(C(=O)O)cc3)C2=O)c1. The third-order valence-corrected chi connectivity index (χ3v) is 4.56. The molecule has 9 heteroatoms. The minimum Gasteiger partial charge on any atom is -0.478 e. The van der Waals surface area contributed by atoms with Gasteiger partial charge in [-0.05, 0) is 48.9 Å². The molecule has 0 saturated carbocycles. The van der Waals surface area contributed by atoms with Crippen LogP contribution in [0.1, 0.15) is 34.1 Å². The average Bonchev–Trinajstić information content (AvgIpc) is 2.95. The van der Waals surface area contributed by atoms with Crippen LogP contribution in [0.15, 0.2) is 59.3 Å². The number of aromatic carboxylic acids is 1. The number of halogens is 1. The Bertz CT molecular complexity index is 1060. The number of benzene rings is 2. The Labute approximate surface area is 176 Å². The van der Waals surface area contributed by atoms with Crippen molar-refractivity contribution >= 4 is 46.7 Å². The summed E-state index contributed by atoms with van der Waals surface area (Å²) in [6.45, 7) is 2.12. The van der Waals surface area contributed by atoms with Crippen LogP contribution in [0.25, 0.3) is 0 Å². The van der Waals surface area contributed by atoms with Crippen LogP contribution in [0.5, 0.6) is 0 Å². The lowest BCUT2D eigenvalue weighted by molar-refractivity contribution is -0.120. The Morgan fingerprint density at radius 1 is 1.07 bits per heavy atom. The molecule has 1 aliphatic rings. The highest BCUT2D eigenvalue weighted by Gasteiger charge is 2.39. The molecule has 0 radical (unpaired) electrons. The van der Waals surface area contributed by atoms with Crippen molar-refractivity contribution in [2.24, 2.45) is 0 Å². The molecule has 0 spiro atoms. The third kappa shape index (κ3) is 4.18. The van der Waals surface area contributed by atoms with Gasteiger partial charge in [0, 0.05) is 5.69 Å². The van der Waals surface area contributed by atoms with Crippen LogP contribution < -0.4 is 10.2 Å². The summed E-state index contributed by atoms with van der Waals surface area (Å²) in [5, 5.41) is 11.4. The van der Waals surface area contributed by atoms with Crippen molar-refractivity contribution in [3.8, 4) is 0 Å². The number of nitrogens with one attached hydrogen (secondary N) is 1. The molecule has 2 aromatic carbocycles. The topological polar surface area (TPSA) is 113 Å². The Morgan fingerprint density at radius 3 is 2.40 bits per heavy atom. The normalized spacial score (nSPS) is 13.6. The molecule has 0 unspecified atom stereocenters. The molecule has 0 saturated heterocycles. The predicted molar refractivity (Wildman–Crippen MR) is 109 cm³/mol. The maximum absolute atomic E-state index is 12.8. The second kappa shape index (κ2) is 8.79. The van der Waals surface area contributed by atoms with Crippen molar-refractivity contribution in [3.05, 3.63) is 70.4 Å². The standard InChI is InChI=1S/C21H17ClN2O6/c1-2-10-30-21(29)13-4-3-5-15(11-13)24-18(25)16(22)17(19(24)26)23-14-8-6-12(7-9-14)20(27)28/h3-9,11,23H,2,10H2,1H3,(H,27,28). The number of carbonyl (C=O) groups is 4. The van der Waals surface area contributed by atoms with Crippen LogP contribution in [0.3, 0.4) is 0 Å². The number of nitrogens with zero attached hydrogens (tertiary/aromatic N) is 1. The van der Waals surface area contributed by atoms with Crippen molar-refractivity contribution in [2.75, 3.05) is 16.8 Å². The zero-order valence-corrected chi connectivity index (χ0v) is 16.6. The van der Waals surface area contributed by atoms with Crippen molar-refractivity contribution in [1.82, 2.24) is 0 Å². The molecule has 154 valence electrons. The first-order valence-electron chi connectivity index (χ1n) is 8.99.